The predicted octanol–water partition coefficient (Wildman–Crippen LogP) is 4.99. The number of benzene rings is 2. The van der Waals surface area contributed by atoms with Crippen molar-refractivity contribution in [3.8, 4) is 17.2 Å². The van der Waals surface area contributed by atoms with Gasteiger partial charge in [0, 0.05) is 12.2 Å². The first-order valence-corrected chi connectivity index (χ1v) is 9.98. The second kappa shape index (κ2) is 9.24. The smallest absolute Gasteiger partial charge is 0.270 e. The highest BCUT2D eigenvalue weighted by Crippen LogP contribution is 2.27. The van der Waals surface area contributed by atoms with Crippen molar-refractivity contribution in [2.75, 3.05) is 0 Å². The maximum absolute atomic E-state index is 12.2. The number of hydrogen-bond donors (Lipinski definition) is 1. The van der Waals surface area contributed by atoms with Crippen molar-refractivity contribution < 1.29 is 14.3 Å². The molecule has 0 aliphatic heterocycles. The molecule has 1 aliphatic rings. The van der Waals surface area contributed by atoms with Gasteiger partial charge in [0.1, 0.15) is 22.9 Å². The molecule has 0 radical (unpaired) electrons. The first-order valence-electron chi connectivity index (χ1n) is 9.98. The molecule has 1 heterocycles. The van der Waals surface area contributed by atoms with E-state index in [2.05, 4.69) is 10.3 Å². The van der Waals surface area contributed by atoms with Crippen LogP contribution in [0.4, 0.5) is 0 Å². The first-order chi connectivity index (χ1) is 14.3. The Bertz CT molecular complexity index is 906. The maximum Gasteiger partial charge on any atom is 0.270 e. The van der Waals surface area contributed by atoms with Gasteiger partial charge in [-0.15, -0.1) is 0 Å². The fraction of sp³-hybridized carbons (Fsp3) is 0.250. The molecule has 0 spiro atoms. The van der Waals surface area contributed by atoms with Gasteiger partial charge < -0.3 is 14.8 Å². The van der Waals surface area contributed by atoms with Crippen LogP contribution in [0.15, 0.2) is 79.0 Å². The first kappa shape index (κ1) is 19.0. The largest absolute Gasteiger partial charge is 0.490 e. The number of para-hydroxylation sites is 1. The van der Waals surface area contributed by atoms with Gasteiger partial charge in [-0.05, 0) is 74.2 Å². The van der Waals surface area contributed by atoms with Gasteiger partial charge in [0.15, 0.2) is 0 Å². The zero-order valence-electron chi connectivity index (χ0n) is 16.2. The number of rotatable bonds is 6. The molecule has 29 heavy (non-hydrogen) atoms. The van der Waals surface area contributed by atoms with E-state index in [-0.39, 0.29) is 18.1 Å². The van der Waals surface area contributed by atoms with Gasteiger partial charge in [-0.2, -0.15) is 0 Å². The molecule has 0 saturated heterocycles. The third-order valence-electron chi connectivity index (χ3n) is 5.01. The van der Waals surface area contributed by atoms with Crippen LogP contribution < -0.4 is 14.8 Å². The Morgan fingerprint density at radius 1 is 0.793 bits per heavy atom. The Kier molecular flexibility index (Phi) is 6.05. The summed E-state index contributed by atoms with van der Waals surface area (Å²) in [6.07, 6.45) is 5.43. The van der Waals surface area contributed by atoms with Crippen LogP contribution in [0.25, 0.3) is 0 Å². The Morgan fingerprint density at radius 2 is 1.45 bits per heavy atom. The van der Waals surface area contributed by atoms with Crippen LogP contribution in [-0.4, -0.2) is 23.0 Å². The highest BCUT2D eigenvalue weighted by atomic mass is 16.5. The minimum Gasteiger partial charge on any atom is -0.490 e. The monoisotopic (exact) mass is 388 g/mol. The molecule has 4 rings (SSSR count). The summed E-state index contributed by atoms with van der Waals surface area (Å²) in [7, 11) is 0. The summed E-state index contributed by atoms with van der Waals surface area (Å²) in [6, 6.07) is 22.9. The van der Waals surface area contributed by atoms with Crippen molar-refractivity contribution in [1.29, 1.82) is 0 Å². The molecule has 5 heteroatoms. The Balaban J connectivity index is 1.24. The number of amides is 1. The molecule has 1 amide bonds. The van der Waals surface area contributed by atoms with Crippen molar-refractivity contribution in [3.63, 3.8) is 0 Å². The van der Waals surface area contributed by atoms with E-state index in [1.165, 1.54) is 0 Å². The fourth-order valence-corrected chi connectivity index (χ4v) is 3.48. The number of pyridine rings is 1. The van der Waals surface area contributed by atoms with Crippen LogP contribution in [0.3, 0.4) is 0 Å². The van der Waals surface area contributed by atoms with E-state index in [4.69, 9.17) is 9.47 Å². The van der Waals surface area contributed by atoms with Crippen LogP contribution in [-0.2, 0) is 0 Å². The topological polar surface area (TPSA) is 60.5 Å². The summed E-state index contributed by atoms with van der Waals surface area (Å²) in [5, 5.41) is 3.08. The van der Waals surface area contributed by atoms with Crippen molar-refractivity contribution in [3.05, 3.63) is 84.7 Å². The summed E-state index contributed by atoms with van der Waals surface area (Å²) in [5.41, 5.74) is 0.462. The number of carbonyl (C=O) groups is 1. The molecule has 1 N–H and O–H groups in total. The van der Waals surface area contributed by atoms with Gasteiger partial charge in [0.2, 0.25) is 0 Å². The quantitative estimate of drug-likeness (QED) is 0.646. The maximum atomic E-state index is 12.2. The average molecular weight is 388 g/mol. The second-order valence-corrected chi connectivity index (χ2v) is 7.17. The number of aromatic nitrogens is 1. The van der Waals surface area contributed by atoms with Crippen LogP contribution >= 0.6 is 0 Å². The molecule has 2 aromatic carbocycles. The Labute approximate surface area is 170 Å². The van der Waals surface area contributed by atoms with Crippen molar-refractivity contribution in [1.82, 2.24) is 10.3 Å². The van der Waals surface area contributed by atoms with Gasteiger partial charge >= 0.3 is 0 Å². The number of ether oxygens (including phenoxy) is 2. The van der Waals surface area contributed by atoms with E-state index in [0.717, 1.165) is 42.9 Å². The van der Waals surface area contributed by atoms with Gasteiger partial charge in [0.05, 0.1) is 6.10 Å². The zero-order valence-corrected chi connectivity index (χ0v) is 16.2. The van der Waals surface area contributed by atoms with E-state index in [9.17, 15) is 4.79 Å². The van der Waals surface area contributed by atoms with Crippen LogP contribution in [0.2, 0.25) is 0 Å². The molecule has 5 nitrogen and oxygen atoms in total. The lowest BCUT2D eigenvalue weighted by Gasteiger charge is -2.29. The third-order valence-corrected chi connectivity index (χ3v) is 5.01. The molecule has 0 unspecified atom stereocenters. The fourth-order valence-electron chi connectivity index (χ4n) is 3.48. The van der Waals surface area contributed by atoms with E-state index in [1.807, 2.05) is 60.7 Å². The normalized spacial score (nSPS) is 18.6. The molecule has 148 valence electrons. The number of nitrogens with one attached hydrogen (secondary N) is 1. The highest BCUT2D eigenvalue weighted by molar-refractivity contribution is 5.92. The highest BCUT2D eigenvalue weighted by Gasteiger charge is 2.24. The molecule has 0 atom stereocenters. The van der Waals surface area contributed by atoms with Gasteiger partial charge in [-0.3, -0.25) is 9.78 Å². The molecular formula is C24H24N2O3. The van der Waals surface area contributed by atoms with E-state index >= 15 is 0 Å². The van der Waals surface area contributed by atoms with Gasteiger partial charge in [0.25, 0.3) is 5.91 Å². The second-order valence-electron chi connectivity index (χ2n) is 7.17. The lowest BCUT2D eigenvalue weighted by Crippen LogP contribution is -2.40. The minimum absolute atomic E-state index is 0.107. The van der Waals surface area contributed by atoms with Crippen LogP contribution in [0.1, 0.15) is 36.2 Å². The molecule has 1 aromatic heterocycles. The van der Waals surface area contributed by atoms with Gasteiger partial charge in [-0.1, -0.05) is 24.3 Å². The zero-order chi connectivity index (χ0) is 19.9. The molecule has 3 aromatic rings. The Morgan fingerprint density at radius 3 is 2.14 bits per heavy atom. The predicted molar refractivity (Wildman–Crippen MR) is 111 cm³/mol. The number of carbonyl (C=O) groups excluding carboxylic acids is 1. The van der Waals surface area contributed by atoms with Gasteiger partial charge in [-0.25, -0.2) is 0 Å². The molecule has 1 aliphatic carbocycles. The van der Waals surface area contributed by atoms with Crippen molar-refractivity contribution >= 4 is 5.91 Å². The molecule has 0 bridgehead atoms. The number of hydrogen-bond acceptors (Lipinski definition) is 4. The van der Waals surface area contributed by atoms with Crippen molar-refractivity contribution in [2.24, 2.45) is 0 Å². The van der Waals surface area contributed by atoms with Crippen LogP contribution in [0.5, 0.6) is 17.2 Å². The summed E-state index contributed by atoms with van der Waals surface area (Å²) in [5.74, 6) is 2.33. The number of nitrogens with zero attached hydrogens (tertiary/aromatic N) is 1. The summed E-state index contributed by atoms with van der Waals surface area (Å²) < 4.78 is 11.9. The minimum atomic E-state index is -0.107. The van der Waals surface area contributed by atoms with E-state index < -0.39 is 0 Å². The van der Waals surface area contributed by atoms with E-state index in [0.29, 0.717) is 5.69 Å². The SMILES string of the molecule is O=C(NC1CCC(Oc2ccc(Oc3ccccc3)cc2)CC1)c1ccccn1. The van der Waals surface area contributed by atoms with E-state index in [1.54, 1.807) is 18.3 Å². The molecule has 1 saturated carbocycles. The summed E-state index contributed by atoms with van der Waals surface area (Å²) in [4.78, 5) is 16.3. The van der Waals surface area contributed by atoms with Crippen molar-refractivity contribution in [2.45, 2.75) is 37.8 Å². The van der Waals surface area contributed by atoms with Crippen LogP contribution in [0, 0.1) is 0 Å². The third kappa shape index (κ3) is 5.35. The summed E-state index contributed by atoms with van der Waals surface area (Å²) in [6.45, 7) is 0. The lowest BCUT2D eigenvalue weighted by molar-refractivity contribution is 0.0889. The Hall–Kier alpha value is -3.34. The molecular weight excluding hydrogens is 364 g/mol. The summed E-state index contributed by atoms with van der Waals surface area (Å²) >= 11 is 0. The average Bonchev–Trinajstić information content (AvgIpc) is 2.78. The lowest BCUT2D eigenvalue weighted by atomic mass is 9.93. The standard InChI is InChI=1S/C24H24N2O3/c27-24(23-8-4-5-17-25-23)26-18-9-11-20(12-10-18)29-22-15-13-21(14-16-22)28-19-6-2-1-3-7-19/h1-8,13-18,20H,9-12H2,(H,26,27). The molecule has 1 fully saturated rings.